The highest BCUT2D eigenvalue weighted by Crippen LogP contribution is 2.40. The molecular formula is C72H69Cl5N12O6. The van der Waals surface area contributed by atoms with Gasteiger partial charge in [-0.3, -0.25) is 0 Å². The molecule has 95 heavy (non-hydrogen) atoms. The van der Waals surface area contributed by atoms with Crippen LogP contribution in [-0.2, 0) is 0 Å². The first-order valence-corrected chi connectivity index (χ1v) is 32.7. The summed E-state index contributed by atoms with van der Waals surface area (Å²) in [6.45, 7) is 24.2. The zero-order valence-electron chi connectivity index (χ0n) is 52.4. The first-order valence-electron chi connectivity index (χ1n) is 30.9. The lowest BCUT2D eigenvalue weighted by Crippen LogP contribution is -2.08. The van der Waals surface area contributed by atoms with Crippen LogP contribution in [0.3, 0.4) is 0 Å². The fraction of sp³-hybridized carbons (Fsp3) is 0.292. The Morgan fingerprint density at radius 1 is 0.421 bits per heavy atom. The number of fused-ring (bicyclic) bond motifs is 3. The van der Waals surface area contributed by atoms with E-state index in [-0.39, 0.29) is 13.3 Å². The van der Waals surface area contributed by atoms with E-state index < -0.39 is 0 Å². The number of benzene rings is 3. The van der Waals surface area contributed by atoms with Crippen LogP contribution >= 0.6 is 58.0 Å². The van der Waals surface area contributed by atoms with Crippen molar-refractivity contribution in [3.8, 4) is 86.2 Å². The first-order chi connectivity index (χ1) is 45.3. The Hall–Kier alpha value is -8.78. The average molecular weight is 1380 g/mol. The van der Waals surface area contributed by atoms with Crippen molar-refractivity contribution in [3.63, 3.8) is 0 Å². The number of halogens is 5. The van der Waals surface area contributed by atoms with E-state index >= 15 is 0 Å². The molecule has 0 bridgehead atoms. The number of hydrogen-bond acceptors (Lipinski definition) is 15. The van der Waals surface area contributed by atoms with E-state index in [1.54, 1.807) is 18.3 Å². The van der Waals surface area contributed by atoms with Crippen LogP contribution in [0.25, 0.3) is 85.9 Å². The molecule has 3 saturated carbocycles. The van der Waals surface area contributed by atoms with E-state index in [9.17, 15) is 0 Å². The van der Waals surface area contributed by atoms with Gasteiger partial charge in [0.25, 0.3) is 17.7 Å². The Labute approximate surface area is 574 Å². The van der Waals surface area contributed by atoms with Gasteiger partial charge in [-0.05, 0) is 199 Å². The van der Waals surface area contributed by atoms with Gasteiger partial charge in [-0.2, -0.15) is 15.0 Å². The molecular weight excluding hydrogens is 1310 g/mol. The van der Waals surface area contributed by atoms with Crippen molar-refractivity contribution < 1.29 is 27.8 Å². The summed E-state index contributed by atoms with van der Waals surface area (Å²) in [4.78, 5) is 27.1. The van der Waals surface area contributed by atoms with Crippen LogP contribution in [0.2, 0.25) is 25.1 Å². The number of imidazole rings is 3. The molecule has 0 unspecified atom stereocenters. The SMILES string of the molecule is C.C=C1CC[C@@H](COc2cc(Cl)c(-c3nc(-c4cn5cc(C)cc(Cl)c5n4)no3)cc2Cl)C1.C=C1CC[C@@H](COc2ccc(-c3nc(-c4cn5cc(C)cc(Cl)c5n4)no3)cc2C)C1.C=C1CC[C@@H](COc2ccc(-c3noc(-c4cn5cc(C)cc(Cl)c5n4)n3)cc2C)C1. The van der Waals surface area contributed by atoms with Crippen molar-refractivity contribution >= 4 is 74.9 Å². The minimum Gasteiger partial charge on any atom is -0.493 e. The highest BCUT2D eigenvalue weighted by atomic mass is 35.5. The van der Waals surface area contributed by atoms with Crippen molar-refractivity contribution in [1.29, 1.82) is 0 Å². The summed E-state index contributed by atoms with van der Waals surface area (Å²) < 4.78 is 40.0. The second-order valence-corrected chi connectivity index (χ2v) is 26.7. The van der Waals surface area contributed by atoms with Gasteiger partial charge >= 0.3 is 0 Å². The number of rotatable bonds is 15. The van der Waals surface area contributed by atoms with Crippen LogP contribution in [0.5, 0.6) is 17.2 Å². The summed E-state index contributed by atoms with van der Waals surface area (Å²) in [7, 11) is 0. The van der Waals surface area contributed by atoms with E-state index in [0.717, 1.165) is 121 Å². The predicted octanol–water partition coefficient (Wildman–Crippen LogP) is 19.8. The summed E-state index contributed by atoms with van der Waals surface area (Å²) >= 11 is 31.9. The molecule has 9 aromatic heterocycles. The second-order valence-electron chi connectivity index (χ2n) is 24.7. The maximum absolute atomic E-state index is 6.49. The molecule has 0 aliphatic heterocycles. The average Bonchev–Trinajstić information content (AvgIpc) is 1.67. The van der Waals surface area contributed by atoms with E-state index in [4.69, 9.17) is 85.8 Å². The Kier molecular flexibility index (Phi) is 19.7. The fourth-order valence-electron chi connectivity index (χ4n) is 12.0. The molecule has 18 nitrogen and oxygen atoms in total. The third-order valence-corrected chi connectivity index (χ3v) is 18.3. The van der Waals surface area contributed by atoms with E-state index in [1.165, 1.54) is 16.7 Å². The van der Waals surface area contributed by atoms with Crippen molar-refractivity contribution in [1.82, 2.24) is 58.6 Å². The summed E-state index contributed by atoms with van der Waals surface area (Å²) in [6.07, 6.45) is 21.1. The molecule has 3 aromatic carbocycles. The van der Waals surface area contributed by atoms with E-state index in [2.05, 4.69) is 65.1 Å². The van der Waals surface area contributed by atoms with Gasteiger partial charge in [0.05, 0.1) is 50.5 Å². The van der Waals surface area contributed by atoms with Crippen LogP contribution in [0, 0.1) is 52.4 Å². The van der Waals surface area contributed by atoms with Crippen LogP contribution < -0.4 is 14.2 Å². The molecule has 3 aliphatic carbocycles. The number of allylic oxidation sites excluding steroid dienone is 3. The molecule has 0 saturated heterocycles. The molecule has 0 spiro atoms. The fourth-order valence-corrected chi connectivity index (χ4v) is 13.4. The Morgan fingerprint density at radius 2 is 0.821 bits per heavy atom. The predicted molar refractivity (Wildman–Crippen MR) is 373 cm³/mol. The zero-order chi connectivity index (χ0) is 65.5. The van der Waals surface area contributed by atoms with Gasteiger partial charge in [-0.25, -0.2) is 15.0 Å². The van der Waals surface area contributed by atoms with Gasteiger partial charge in [0.15, 0.2) is 16.9 Å². The summed E-state index contributed by atoms with van der Waals surface area (Å²) in [5, 5.41) is 14.9. The summed E-state index contributed by atoms with van der Waals surface area (Å²) in [5.74, 6) is 6.17. The molecule has 12 aromatic rings. The van der Waals surface area contributed by atoms with E-state index in [1.807, 2.05) is 133 Å². The number of ether oxygens (including phenoxy) is 3. The lowest BCUT2D eigenvalue weighted by Gasteiger charge is -2.13. The molecule has 3 atom stereocenters. The molecule has 0 amide bonds. The minimum absolute atomic E-state index is 0. The van der Waals surface area contributed by atoms with E-state index in [0.29, 0.717) is 124 Å². The third kappa shape index (κ3) is 15.0. The number of hydrogen-bond donors (Lipinski definition) is 0. The van der Waals surface area contributed by atoms with Crippen molar-refractivity contribution in [3.05, 3.63) is 193 Å². The van der Waals surface area contributed by atoms with Crippen molar-refractivity contribution in [2.45, 2.75) is 99.8 Å². The second kappa shape index (κ2) is 28.3. The normalized spacial score (nSPS) is 16.1. The van der Waals surface area contributed by atoms with Gasteiger partial charge in [-0.1, -0.05) is 117 Å². The van der Waals surface area contributed by atoms with Gasteiger partial charge in [0.1, 0.15) is 34.3 Å². The molecule has 0 N–H and O–H groups in total. The van der Waals surface area contributed by atoms with Crippen LogP contribution in [-0.4, -0.2) is 78.4 Å². The molecule has 9 heterocycles. The largest absolute Gasteiger partial charge is 0.493 e. The van der Waals surface area contributed by atoms with Gasteiger partial charge < -0.3 is 41.0 Å². The highest BCUT2D eigenvalue weighted by Gasteiger charge is 2.25. The monoisotopic (exact) mass is 1370 g/mol. The van der Waals surface area contributed by atoms with Crippen molar-refractivity contribution in [2.75, 3.05) is 19.8 Å². The highest BCUT2D eigenvalue weighted by molar-refractivity contribution is 6.36. The Bertz CT molecular complexity index is 4690. The zero-order valence-corrected chi connectivity index (χ0v) is 56.1. The number of aryl methyl sites for hydroxylation is 5. The maximum Gasteiger partial charge on any atom is 0.278 e. The number of nitrogens with zero attached hydrogens (tertiary/aromatic N) is 12. The van der Waals surface area contributed by atoms with Crippen LogP contribution in [0.15, 0.2) is 154 Å². The van der Waals surface area contributed by atoms with Gasteiger partial charge in [-0.15, -0.1) is 0 Å². The lowest BCUT2D eigenvalue weighted by atomic mass is 10.1. The molecule has 0 radical (unpaired) electrons. The summed E-state index contributed by atoms with van der Waals surface area (Å²) in [5.41, 5.74) is 15.0. The van der Waals surface area contributed by atoms with Crippen LogP contribution in [0.4, 0.5) is 0 Å². The minimum atomic E-state index is 0. The number of aromatic nitrogens is 12. The molecule has 3 aliphatic rings. The molecule has 23 heteroatoms. The van der Waals surface area contributed by atoms with Crippen molar-refractivity contribution in [2.24, 2.45) is 17.8 Å². The lowest BCUT2D eigenvalue weighted by molar-refractivity contribution is 0.252. The van der Waals surface area contributed by atoms with Gasteiger partial charge in [0, 0.05) is 54.4 Å². The number of pyridine rings is 3. The maximum atomic E-state index is 6.49. The standard InChI is InChI=1S/2C24H23ClN4O2.C23H19Cl3N4O2.CH4/c1-14-4-5-17(8-14)13-30-21-7-6-18(10-16(21)3)24-27-22(28-31-24)20-12-29-11-15(2)9-19(25)23(29)26-20;1-14-4-5-17(8-14)13-30-21-7-6-18(10-16(21)3)22-27-24(31-28-22)20-12-29-11-15(2)9-19(25)23(29)26-20;1-12-3-4-14(5-12)11-31-20-8-16(24)15(7-17(20)25)23-28-21(29-32-23)19-10-30-9-13(2)6-18(26)22(30)27-19;/h2*6-7,9-12,17H,1,4-5,8,13H2,2-3H3;6-10,14H,1,3-5,11H2,2H3;1H4/t2*17-;14-;/m111./s1. The van der Waals surface area contributed by atoms with Crippen LogP contribution in [0.1, 0.15) is 93.0 Å². The Balaban J connectivity index is 0.000000136. The van der Waals surface area contributed by atoms with Gasteiger partial charge in [0.2, 0.25) is 17.5 Å². The molecule has 3 fully saturated rings. The quantitative estimate of drug-likeness (QED) is 0.0878. The third-order valence-electron chi connectivity index (χ3n) is 16.9. The molecule has 15 rings (SSSR count). The smallest absolute Gasteiger partial charge is 0.278 e. The summed E-state index contributed by atoms with van der Waals surface area (Å²) in [6, 6.07) is 20.8. The first kappa shape index (κ1) is 66.2. The topological polar surface area (TPSA) is 196 Å². The Morgan fingerprint density at radius 3 is 1.29 bits per heavy atom. The molecule has 488 valence electrons.